The van der Waals surface area contributed by atoms with E-state index in [0.29, 0.717) is 5.56 Å². The average Bonchev–Trinajstić information content (AvgIpc) is 2.08. The topological polar surface area (TPSA) is 20.2 Å². The molecular weight excluding hydrogens is 191 g/mol. The van der Waals surface area contributed by atoms with Gasteiger partial charge in [0, 0.05) is 0 Å². The smallest absolute Gasteiger partial charge is 0.141 e. The lowest BCUT2D eigenvalue weighted by Gasteiger charge is -2.14. The minimum absolute atomic E-state index is 0.0530. The van der Waals surface area contributed by atoms with Gasteiger partial charge in [-0.3, -0.25) is 0 Å². The molecule has 1 N–H and O–H groups in total. The third kappa shape index (κ3) is 2.42. The zero-order valence-electron chi connectivity index (χ0n) is 7.59. The maximum atomic E-state index is 12.7. The molecule has 1 aromatic rings. The van der Waals surface area contributed by atoms with E-state index in [1.807, 2.05) is 13.8 Å². The van der Waals surface area contributed by atoms with E-state index in [1.54, 1.807) is 6.07 Å². The highest BCUT2D eigenvalue weighted by atomic mass is 35.5. The van der Waals surface area contributed by atoms with Gasteiger partial charge in [0.05, 0.1) is 11.1 Å². The number of hydrogen-bond donors (Lipinski definition) is 1. The molecule has 0 bridgehead atoms. The number of aliphatic hydroxyl groups is 1. The molecular formula is C10H12ClFO. The lowest BCUT2D eigenvalue weighted by molar-refractivity contribution is 0.127. The Bertz CT molecular complexity index is 299. The first kappa shape index (κ1) is 10.5. The Morgan fingerprint density at radius 3 is 2.46 bits per heavy atom. The van der Waals surface area contributed by atoms with Gasteiger partial charge in [-0.2, -0.15) is 0 Å². The molecule has 0 aliphatic carbocycles. The third-order valence-corrected chi connectivity index (χ3v) is 2.21. The summed E-state index contributed by atoms with van der Waals surface area (Å²) in [5.41, 5.74) is 0.654. The van der Waals surface area contributed by atoms with E-state index in [0.717, 1.165) is 0 Å². The summed E-state index contributed by atoms with van der Waals surface area (Å²) in [5, 5.41) is 9.68. The second kappa shape index (κ2) is 4.07. The fourth-order valence-corrected chi connectivity index (χ4v) is 1.27. The Balaban J connectivity index is 2.97. The van der Waals surface area contributed by atoms with E-state index in [4.69, 9.17) is 11.6 Å². The van der Waals surface area contributed by atoms with Crippen LogP contribution < -0.4 is 0 Å². The van der Waals surface area contributed by atoms with Gasteiger partial charge in [0.15, 0.2) is 0 Å². The van der Waals surface area contributed by atoms with Gasteiger partial charge >= 0.3 is 0 Å². The van der Waals surface area contributed by atoms with Crippen molar-refractivity contribution in [1.29, 1.82) is 0 Å². The molecule has 1 aromatic carbocycles. The van der Waals surface area contributed by atoms with Crippen molar-refractivity contribution in [3.8, 4) is 0 Å². The molecule has 0 aliphatic heterocycles. The monoisotopic (exact) mass is 202 g/mol. The normalized spacial score (nSPS) is 13.4. The minimum Gasteiger partial charge on any atom is -0.388 e. The van der Waals surface area contributed by atoms with Crippen molar-refractivity contribution in [2.24, 2.45) is 5.92 Å². The Morgan fingerprint density at radius 2 is 2.00 bits per heavy atom. The molecule has 0 heterocycles. The lowest BCUT2D eigenvalue weighted by Crippen LogP contribution is -2.05. The van der Waals surface area contributed by atoms with Crippen molar-refractivity contribution >= 4 is 11.6 Å². The molecule has 0 fully saturated rings. The van der Waals surface area contributed by atoms with Crippen molar-refractivity contribution < 1.29 is 9.50 Å². The molecule has 0 saturated heterocycles. The van der Waals surface area contributed by atoms with Crippen LogP contribution in [0.5, 0.6) is 0 Å². The van der Waals surface area contributed by atoms with Crippen LogP contribution >= 0.6 is 11.6 Å². The Morgan fingerprint density at radius 1 is 1.38 bits per heavy atom. The van der Waals surface area contributed by atoms with Crippen molar-refractivity contribution in [2.45, 2.75) is 20.0 Å². The van der Waals surface area contributed by atoms with E-state index in [2.05, 4.69) is 0 Å². The largest absolute Gasteiger partial charge is 0.388 e. The summed E-state index contributed by atoms with van der Waals surface area (Å²) in [6.07, 6.45) is -0.585. The highest BCUT2D eigenvalue weighted by Crippen LogP contribution is 2.25. The molecule has 72 valence electrons. The van der Waals surface area contributed by atoms with Gasteiger partial charge in [-0.25, -0.2) is 4.39 Å². The zero-order valence-corrected chi connectivity index (χ0v) is 8.35. The lowest BCUT2D eigenvalue weighted by atomic mass is 9.99. The van der Waals surface area contributed by atoms with Gasteiger partial charge in [0.25, 0.3) is 0 Å². The standard InChI is InChI=1S/C10H12ClFO/c1-6(2)10(13)7-3-4-9(12)8(11)5-7/h3-6,10,13H,1-2H3. The van der Waals surface area contributed by atoms with Gasteiger partial charge in [0.1, 0.15) is 5.82 Å². The zero-order chi connectivity index (χ0) is 10.0. The maximum Gasteiger partial charge on any atom is 0.141 e. The summed E-state index contributed by atoms with van der Waals surface area (Å²) in [5.74, 6) is -0.358. The molecule has 1 nitrogen and oxygen atoms in total. The highest BCUT2D eigenvalue weighted by Gasteiger charge is 2.13. The van der Waals surface area contributed by atoms with Gasteiger partial charge < -0.3 is 5.11 Å². The molecule has 3 heteroatoms. The molecule has 1 unspecified atom stereocenters. The molecule has 1 atom stereocenters. The summed E-state index contributed by atoms with van der Waals surface area (Å²) in [4.78, 5) is 0. The van der Waals surface area contributed by atoms with E-state index in [9.17, 15) is 9.50 Å². The van der Waals surface area contributed by atoms with Crippen LogP contribution in [0.4, 0.5) is 4.39 Å². The first-order valence-corrected chi connectivity index (χ1v) is 4.53. The molecule has 0 amide bonds. The number of hydrogen-bond acceptors (Lipinski definition) is 1. The second-order valence-corrected chi connectivity index (χ2v) is 3.77. The predicted molar refractivity (Wildman–Crippen MR) is 51.2 cm³/mol. The van der Waals surface area contributed by atoms with Crippen LogP contribution in [0.3, 0.4) is 0 Å². The quantitative estimate of drug-likeness (QED) is 0.781. The Hall–Kier alpha value is -0.600. The summed E-state index contributed by atoms with van der Waals surface area (Å²) >= 11 is 5.58. The first-order valence-electron chi connectivity index (χ1n) is 4.15. The van der Waals surface area contributed by atoms with Crippen molar-refractivity contribution in [1.82, 2.24) is 0 Å². The van der Waals surface area contributed by atoms with Crippen LogP contribution in [-0.4, -0.2) is 5.11 Å². The summed E-state index contributed by atoms with van der Waals surface area (Å²) < 4.78 is 12.7. The van der Waals surface area contributed by atoms with Crippen LogP contribution in [0.25, 0.3) is 0 Å². The number of rotatable bonds is 2. The van der Waals surface area contributed by atoms with Crippen LogP contribution in [-0.2, 0) is 0 Å². The highest BCUT2D eigenvalue weighted by molar-refractivity contribution is 6.30. The Labute approximate surface area is 82.2 Å². The average molecular weight is 203 g/mol. The van der Waals surface area contributed by atoms with Crippen LogP contribution in [0.2, 0.25) is 5.02 Å². The predicted octanol–water partition coefficient (Wildman–Crippen LogP) is 3.17. The van der Waals surface area contributed by atoms with Crippen LogP contribution in [0.1, 0.15) is 25.5 Å². The van der Waals surface area contributed by atoms with Gasteiger partial charge in [-0.1, -0.05) is 31.5 Å². The van der Waals surface area contributed by atoms with Crippen molar-refractivity contribution in [3.63, 3.8) is 0 Å². The van der Waals surface area contributed by atoms with Crippen molar-refractivity contribution in [3.05, 3.63) is 34.6 Å². The molecule has 0 aromatic heterocycles. The summed E-state index contributed by atoms with van der Waals surface area (Å²) in [6.45, 7) is 3.78. The molecule has 0 aliphatic rings. The number of aliphatic hydroxyl groups excluding tert-OH is 1. The van der Waals surface area contributed by atoms with E-state index in [-0.39, 0.29) is 10.9 Å². The SMILES string of the molecule is CC(C)C(O)c1ccc(F)c(Cl)c1. The van der Waals surface area contributed by atoms with Crippen LogP contribution in [0, 0.1) is 11.7 Å². The first-order chi connectivity index (χ1) is 6.02. The van der Waals surface area contributed by atoms with Gasteiger partial charge in [-0.05, 0) is 23.6 Å². The van der Waals surface area contributed by atoms with Crippen LogP contribution in [0.15, 0.2) is 18.2 Å². The molecule has 0 radical (unpaired) electrons. The maximum absolute atomic E-state index is 12.7. The number of halogens is 2. The van der Waals surface area contributed by atoms with Crippen molar-refractivity contribution in [2.75, 3.05) is 0 Å². The molecule has 0 saturated carbocycles. The fourth-order valence-electron chi connectivity index (χ4n) is 1.08. The third-order valence-electron chi connectivity index (χ3n) is 1.92. The molecule has 0 spiro atoms. The summed E-state index contributed by atoms with van der Waals surface area (Å²) in [6, 6.07) is 4.27. The Kier molecular flexibility index (Phi) is 3.28. The second-order valence-electron chi connectivity index (χ2n) is 3.36. The van der Waals surface area contributed by atoms with E-state index >= 15 is 0 Å². The fraction of sp³-hybridized carbons (Fsp3) is 0.400. The van der Waals surface area contributed by atoms with Gasteiger partial charge in [0.2, 0.25) is 0 Å². The van der Waals surface area contributed by atoms with Gasteiger partial charge in [-0.15, -0.1) is 0 Å². The van der Waals surface area contributed by atoms with E-state index < -0.39 is 11.9 Å². The van der Waals surface area contributed by atoms with E-state index in [1.165, 1.54) is 12.1 Å². The number of benzene rings is 1. The molecule has 13 heavy (non-hydrogen) atoms. The summed E-state index contributed by atoms with van der Waals surface area (Å²) in [7, 11) is 0. The minimum atomic E-state index is -0.585. The molecule has 1 rings (SSSR count).